The molecule has 5 rings (SSSR count). The van der Waals surface area contributed by atoms with E-state index in [1.165, 1.54) is 25.7 Å². The molecule has 0 aliphatic heterocycles. The number of nitrogens with two attached hydrogens (primary N) is 2. The van der Waals surface area contributed by atoms with Crippen LogP contribution in [0.1, 0.15) is 79.8 Å². The Morgan fingerprint density at radius 1 is 0.976 bits per heavy atom. The van der Waals surface area contributed by atoms with Gasteiger partial charge >= 0.3 is 0 Å². The number of benzene rings is 3. The minimum atomic E-state index is -0.489. The van der Waals surface area contributed by atoms with E-state index in [0.717, 1.165) is 58.8 Å². The highest BCUT2D eigenvalue weighted by Gasteiger charge is 2.19. The second kappa shape index (κ2) is 14.9. The predicted octanol–water partition coefficient (Wildman–Crippen LogP) is 7.55. The van der Waals surface area contributed by atoms with E-state index in [1.807, 2.05) is 77.4 Å². The van der Waals surface area contributed by atoms with Crippen molar-refractivity contribution in [1.82, 2.24) is 9.55 Å². The van der Waals surface area contributed by atoms with Gasteiger partial charge in [0.1, 0.15) is 11.5 Å². The van der Waals surface area contributed by atoms with Crippen LogP contribution in [0.3, 0.4) is 0 Å². The van der Waals surface area contributed by atoms with Gasteiger partial charge in [0.05, 0.1) is 6.20 Å². The molecule has 1 fully saturated rings. The quantitative estimate of drug-likeness (QED) is 0.0571. The van der Waals surface area contributed by atoms with Crippen LogP contribution < -0.4 is 11.6 Å². The van der Waals surface area contributed by atoms with E-state index in [4.69, 9.17) is 17.0 Å². The lowest BCUT2D eigenvalue weighted by Crippen LogP contribution is -2.18. The first-order valence-electron chi connectivity index (χ1n) is 14.8. The Morgan fingerprint density at radius 2 is 1.69 bits per heavy atom. The van der Waals surface area contributed by atoms with Crippen molar-refractivity contribution in [2.24, 2.45) is 27.8 Å². The highest BCUT2D eigenvalue weighted by Crippen LogP contribution is 2.33. The van der Waals surface area contributed by atoms with E-state index < -0.39 is 5.91 Å². The standard InChI is InChI=1S/C28H29N7O.C6H12/c1-2-3-9-26-32-17-25(28(30)36)35(26)18-19-10-12-21(13-11-19)24-16-22(20-7-5-4-6-8-20)14-15-23(24)27(29)33-34-31;1-2-3-6-4-5-6/h4-8,10-17H,2-3,9,18H2,1H3,(H2,30,36)(H3,29,31,33);6H,2-5H2,1H3. The Labute approximate surface area is 248 Å². The van der Waals surface area contributed by atoms with E-state index in [2.05, 4.69) is 29.2 Å². The lowest BCUT2D eigenvalue weighted by molar-refractivity contribution is 0.0991. The Morgan fingerprint density at radius 3 is 2.29 bits per heavy atom. The number of aryl methyl sites for hydroxylation is 1. The first-order chi connectivity index (χ1) is 20.4. The Kier molecular flexibility index (Phi) is 10.8. The fourth-order valence-corrected chi connectivity index (χ4v) is 5.02. The molecule has 1 aliphatic carbocycles. The summed E-state index contributed by atoms with van der Waals surface area (Å²) in [7, 11) is 0. The fraction of sp³-hybridized carbons (Fsp3) is 0.324. The van der Waals surface area contributed by atoms with Gasteiger partial charge in [0.2, 0.25) is 0 Å². The number of amidine groups is 1. The molecular formula is C34H41N7O. The molecule has 5 N–H and O–H groups in total. The third-order valence-corrected chi connectivity index (χ3v) is 7.48. The molecule has 0 atom stereocenters. The molecule has 1 aliphatic rings. The maximum Gasteiger partial charge on any atom is 0.266 e. The second-order valence-electron chi connectivity index (χ2n) is 10.7. The van der Waals surface area contributed by atoms with Crippen LogP contribution in [-0.2, 0) is 13.0 Å². The molecule has 1 saturated carbocycles. The average molecular weight is 564 g/mol. The monoisotopic (exact) mass is 563 g/mol. The van der Waals surface area contributed by atoms with Crippen molar-refractivity contribution in [1.29, 1.82) is 5.41 Å². The van der Waals surface area contributed by atoms with Gasteiger partial charge in [-0.1, -0.05) is 112 Å². The molecule has 0 radical (unpaired) electrons. The van der Waals surface area contributed by atoms with Gasteiger partial charge in [0.25, 0.3) is 5.91 Å². The molecule has 4 aromatic rings. The van der Waals surface area contributed by atoms with E-state index >= 15 is 0 Å². The van der Waals surface area contributed by atoms with Gasteiger partial charge in [-0.2, -0.15) is 0 Å². The molecule has 0 spiro atoms. The fourth-order valence-electron chi connectivity index (χ4n) is 5.02. The molecule has 8 nitrogen and oxygen atoms in total. The van der Waals surface area contributed by atoms with Crippen molar-refractivity contribution in [2.75, 3.05) is 0 Å². The maximum atomic E-state index is 12.0. The van der Waals surface area contributed by atoms with Gasteiger partial charge in [0.15, 0.2) is 5.84 Å². The van der Waals surface area contributed by atoms with E-state index in [0.29, 0.717) is 17.8 Å². The summed E-state index contributed by atoms with van der Waals surface area (Å²) >= 11 is 0. The predicted molar refractivity (Wildman–Crippen MR) is 169 cm³/mol. The molecule has 8 heteroatoms. The number of hydrogen-bond donors (Lipinski definition) is 3. The summed E-state index contributed by atoms with van der Waals surface area (Å²) in [5, 5.41) is 15.3. The summed E-state index contributed by atoms with van der Waals surface area (Å²) in [4.78, 5) is 16.4. The summed E-state index contributed by atoms with van der Waals surface area (Å²) in [5.74, 6) is 6.72. The molecule has 1 aromatic heterocycles. The van der Waals surface area contributed by atoms with Crippen molar-refractivity contribution in [3.05, 3.63) is 102 Å². The van der Waals surface area contributed by atoms with Crippen molar-refractivity contribution < 1.29 is 4.79 Å². The third-order valence-electron chi connectivity index (χ3n) is 7.48. The molecular weight excluding hydrogens is 522 g/mol. The second-order valence-corrected chi connectivity index (χ2v) is 10.7. The minimum Gasteiger partial charge on any atom is -0.364 e. The van der Waals surface area contributed by atoms with Gasteiger partial charge < -0.3 is 16.1 Å². The van der Waals surface area contributed by atoms with Gasteiger partial charge in [-0.25, -0.2) is 4.98 Å². The molecule has 0 bridgehead atoms. The van der Waals surface area contributed by atoms with Crippen molar-refractivity contribution in [3.63, 3.8) is 0 Å². The van der Waals surface area contributed by atoms with Crippen LogP contribution in [0.2, 0.25) is 0 Å². The van der Waals surface area contributed by atoms with E-state index in [9.17, 15) is 4.79 Å². The molecule has 0 unspecified atom stereocenters. The summed E-state index contributed by atoms with van der Waals surface area (Å²) in [6.45, 7) is 4.88. The third kappa shape index (κ3) is 8.00. The largest absolute Gasteiger partial charge is 0.364 e. The smallest absolute Gasteiger partial charge is 0.266 e. The van der Waals surface area contributed by atoms with Gasteiger partial charge in [-0.05, 0) is 52.3 Å². The van der Waals surface area contributed by atoms with Crippen LogP contribution in [0.15, 0.2) is 89.3 Å². The number of nitrogens with zero attached hydrogens (tertiary/aromatic N) is 4. The van der Waals surface area contributed by atoms with Crippen molar-refractivity contribution in [2.45, 2.75) is 65.3 Å². The van der Waals surface area contributed by atoms with Crippen LogP contribution in [0.4, 0.5) is 0 Å². The van der Waals surface area contributed by atoms with Crippen LogP contribution in [0.5, 0.6) is 0 Å². The number of amides is 1. The van der Waals surface area contributed by atoms with Crippen LogP contribution >= 0.6 is 0 Å². The maximum absolute atomic E-state index is 12.0. The molecule has 3 aromatic carbocycles. The summed E-state index contributed by atoms with van der Waals surface area (Å²) < 4.78 is 1.89. The molecule has 0 saturated heterocycles. The van der Waals surface area contributed by atoms with E-state index in [1.54, 1.807) is 6.20 Å². The zero-order chi connectivity index (χ0) is 29.9. The summed E-state index contributed by atoms with van der Waals surface area (Å²) in [6.07, 6.45) is 10.3. The van der Waals surface area contributed by atoms with Crippen LogP contribution in [0, 0.1) is 11.3 Å². The number of primary amides is 1. The minimum absolute atomic E-state index is 0.0127. The lowest BCUT2D eigenvalue weighted by atomic mass is 9.93. The summed E-state index contributed by atoms with van der Waals surface area (Å²) in [6, 6.07) is 24.0. The molecule has 42 heavy (non-hydrogen) atoms. The van der Waals surface area contributed by atoms with Crippen molar-refractivity contribution in [3.8, 4) is 22.3 Å². The van der Waals surface area contributed by atoms with Gasteiger partial charge in [-0.15, -0.1) is 5.11 Å². The topological polar surface area (TPSA) is 136 Å². The van der Waals surface area contributed by atoms with Gasteiger partial charge in [-0.3, -0.25) is 10.2 Å². The number of hydrogen-bond acceptors (Lipinski definition) is 4. The molecule has 218 valence electrons. The Balaban J connectivity index is 0.000000600. The van der Waals surface area contributed by atoms with Crippen LogP contribution in [0.25, 0.3) is 22.3 Å². The van der Waals surface area contributed by atoms with E-state index in [-0.39, 0.29) is 5.84 Å². The Hall–Kier alpha value is -4.59. The first kappa shape index (κ1) is 30.4. The lowest BCUT2D eigenvalue weighted by Gasteiger charge is -2.13. The number of unbranched alkanes of at least 4 members (excludes halogenated alkanes) is 1. The molecule has 1 amide bonds. The highest BCUT2D eigenvalue weighted by atomic mass is 16.1. The normalized spacial score (nSPS) is 12.6. The number of rotatable bonds is 11. The summed E-state index contributed by atoms with van der Waals surface area (Å²) in [5.41, 5.74) is 11.5. The van der Waals surface area contributed by atoms with Gasteiger partial charge in [0, 0.05) is 18.5 Å². The number of carbonyl (C=O) groups is 1. The first-order valence-corrected chi connectivity index (χ1v) is 14.8. The number of carbonyl (C=O) groups excluding carboxylic acids is 1. The SMILES string of the molecule is CCCC1CC1.CCCCc1ncc(C(N)=O)n1Cc1ccc(-c2cc(-c3ccccc3)ccc2C(=N)N=NN)cc1. The zero-order valence-corrected chi connectivity index (χ0v) is 24.6. The number of nitrogens with one attached hydrogen (secondary N) is 1. The van der Waals surface area contributed by atoms with Crippen molar-refractivity contribution >= 4 is 11.7 Å². The molecule has 1 heterocycles. The zero-order valence-electron chi connectivity index (χ0n) is 24.6. The average Bonchev–Trinajstić information content (AvgIpc) is 3.75. The number of aromatic nitrogens is 2. The highest BCUT2D eigenvalue weighted by molar-refractivity contribution is 6.03. The van der Waals surface area contributed by atoms with Crippen LogP contribution in [-0.4, -0.2) is 21.3 Å². The Bertz CT molecular complexity index is 1500. The number of imidazole rings is 1.